The third kappa shape index (κ3) is 6.67. The Morgan fingerprint density at radius 2 is 1.68 bits per heavy atom. The molecule has 34 heavy (non-hydrogen) atoms. The van der Waals surface area contributed by atoms with E-state index in [0.717, 1.165) is 39.2 Å². The van der Waals surface area contributed by atoms with Gasteiger partial charge in [-0.15, -0.1) is 11.3 Å². The Morgan fingerprint density at radius 1 is 0.941 bits per heavy atom. The SMILES string of the molecule is CCCN(CC(=O)N(Cc1ccc(F)cc1)Cc1sccc1C)C(=O)Nc1cccc(C)c1C. The highest BCUT2D eigenvalue weighted by atomic mass is 32.1. The first-order valence-corrected chi connectivity index (χ1v) is 12.3. The normalized spacial score (nSPS) is 10.7. The van der Waals surface area contributed by atoms with E-state index in [0.29, 0.717) is 19.6 Å². The molecule has 7 heteroatoms. The number of rotatable bonds is 9. The highest BCUT2D eigenvalue weighted by Gasteiger charge is 2.23. The van der Waals surface area contributed by atoms with Crippen molar-refractivity contribution in [1.82, 2.24) is 9.80 Å². The number of thiophene rings is 1. The maximum atomic E-state index is 13.5. The molecule has 0 saturated carbocycles. The van der Waals surface area contributed by atoms with Crippen LogP contribution in [0.5, 0.6) is 0 Å². The molecule has 2 aromatic carbocycles. The minimum atomic E-state index is -0.312. The number of halogens is 1. The molecule has 1 N–H and O–H groups in total. The van der Waals surface area contributed by atoms with Gasteiger partial charge in [-0.25, -0.2) is 9.18 Å². The molecule has 3 rings (SSSR count). The van der Waals surface area contributed by atoms with Gasteiger partial charge in [-0.2, -0.15) is 0 Å². The summed E-state index contributed by atoms with van der Waals surface area (Å²) in [6, 6.07) is 13.7. The molecule has 3 aromatic rings. The van der Waals surface area contributed by atoms with E-state index in [4.69, 9.17) is 0 Å². The van der Waals surface area contributed by atoms with Crippen molar-refractivity contribution in [3.05, 3.63) is 86.9 Å². The summed E-state index contributed by atoms with van der Waals surface area (Å²) < 4.78 is 13.4. The van der Waals surface area contributed by atoms with Crippen LogP contribution in [0.1, 0.15) is 40.5 Å². The average Bonchev–Trinajstić information content (AvgIpc) is 3.21. The Morgan fingerprint density at radius 3 is 2.32 bits per heavy atom. The van der Waals surface area contributed by atoms with Gasteiger partial charge < -0.3 is 15.1 Å². The van der Waals surface area contributed by atoms with E-state index in [1.807, 2.05) is 57.3 Å². The predicted octanol–water partition coefficient (Wildman–Crippen LogP) is 6.29. The lowest BCUT2D eigenvalue weighted by Gasteiger charge is -2.28. The predicted molar refractivity (Wildman–Crippen MR) is 137 cm³/mol. The zero-order valence-corrected chi connectivity index (χ0v) is 21.0. The van der Waals surface area contributed by atoms with Crippen LogP contribution >= 0.6 is 11.3 Å². The maximum Gasteiger partial charge on any atom is 0.322 e. The number of nitrogens with one attached hydrogen (secondary N) is 1. The van der Waals surface area contributed by atoms with Gasteiger partial charge >= 0.3 is 6.03 Å². The summed E-state index contributed by atoms with van der Waals surface area (Å²) in [7, 11) is 0. The fraction of sp³-hybridized carbons (Fsp3) is 0.333. The van der Waals surface area contributed by atoms with Crippen LogP contribution in [0.2, 0.25) is 0 Å². The smallest absolute Gasteiger partial charge is 0.322 e. The molecule has 180 valence electrons. The monoisotopic (exact) mass is 481 g/mol. The molecule has 1 aromatic heterocycles. The molecule has 0 aliphatic carbocycles. The second-order valence-corrected chi connectivity index (χ2v) is 9.50. The highest BCUT2D eigenvalue weighted by molar-refractivity contribution is 7.10. The Balaban J connectivity index is 1.78. The van der Waals surface area contributed by atoms with Crippen molar-refractivity contribution in [3.8, 4) is 0 Å². The Hall–Kier alpha value is -3.19. The van der Waals surface area contributed by atoms with Crippen molar-refractivity contribution < 1.29 is 14.0 Å². The van der Waals surface area contributed by atoms with Crippen LogP contribution in [-0.2, 0) is 17.9 Å². The number of hydrogen-bond acceptors (Lipinski definition) is 3. The molecule has 0 aliphatic rings. The summed E-state index contributed by atoms with van der Waals surface area (Å²) in [5.74, 6) is -0.463. The van der Waals surface area contributed by atoms with Gasteiger partial charge in [0.25, 0.3) is 0 Å². The van der Waals surface area contributed by atoms with E-state index in [9.17, 15) is 14.0 Å². The molecule has 0 radical (unpaired) electrons. The van der Waals surface area contributed by atoms with Crippen molar-refractivity contribution in [2.45, 2.75) is 47.2 Å². The molecule has 0 aliphatic heterocycles. The first kappa shape index (κ1) is 25.4. The van der Waals surface area contributed by atoms with Crippen LogP contribution in [0.15, 0.2) is 53.9 Å². The number of urea groups is 1. The molecular weight excluding hydrogens is 449 g/mol. The van der Waals surface area contributed by atoms with Gasteiger partial charge in [-0.05, 0) is 79.1 Å². The largest absolute Gasteiger partial charge is 0.332 e. The van der Waals surface area contributed by atoms with Crippen molar-refractivity contribution in [1.29, 1.82) is 0 Å². The summed E-state index contributed by atoms with van der Waals surface area (Å²) in [5.41, 5.74) is 4.80. The minimum Gasteiger partial charge on any atom is -0.332 e. The van der Waals surface area contributed by atoms with E-state index in [2.05, 4.69) is 5.32 Å². The van der Waals surface area contributed by atoms with E-state index in [1.165, 1.54) is 12.1 Å². The summed E-state index contributed by atoms with van der Waals surface area (Å²) in [4.78, 5) is 30.9. The Labute approximate surface area is 205 Å². The Bertz CT molecular complexity index is 1130. The van der Waals surface area contributed by atoms with Crippen LogP contribution in [0, 0.1) is 26.6 Å². The molecule has 5 nitrogen and oxygen atoms in total. The number of benzene rings is 2. The lowest BCUT2D eigenvalue weighted by Crippen LogP contribution is -2.44. The second kappa shape index (κ2) is 11.8. The van der Waals surface area contributed by atoms with Gasteiger partial charge in [0.1, 0.15) is 12.4 Å². The molecule has 0 bridgehead atoms. The van der Waals surface area contributed by atoms with Crippen LogP contribution in [-0.4, -0.2) is 34.8 Å². The van der Waals surface area contributed by atoms with E-state index in [-0.39, 0.29) is 24.3 Å². The lowest BCUT2D eigenvalue weighted by atomic mass is 10.1. The molecule has 0 spiro atoms. The summed E-state index contributed by atoms with van der Waals surface area (Å²) >= 11 is 1.60. The lowest BCUT2D eigenvalue weighted by molar-refractivity contribution is -0.133. The first-order valence-electron chi connectivity index (χ1n) is 11.5. The van der Waals surface area contributed by atoms with Crippen molar-refractivity contribution in [3.63, 3.8) is 0 Å². The fourth-order valence-electron chi connectivity index (χ4n) is 3.65. The zero-order chi connectivity index (χ0) is 24.7. The standard InChI is InChI=1S/C27H32FN3O2S/c1-5-14-30(27(33)29-24-8-6-7-19(2)21(24)4)18-26(32)31(17-25-20(3)13-15-34-25)16-22-9-11-23(28)12-10-22/h6-13,15H,5,14,16-18H2,1-4H3,(H,29,33). The molecule has 0 fully saturated rings. The molecule has 0 atom stereocenters. The fourth-order valence-corrected chi connectivity index (χ4v) is 4.57. The van der Waals surface area contributed by atoms with E-state index < -0.39 is 0 Å². The third-order valence-electron chi connectivity index (χ3n) is 5.90. The topological polar surface area (TPSA) is 52.7 Å². The summed E-state index contributed by atoms with van der Waals surface area (Å²) in [5, 5.41) is 4.97. The summed E-state index contributed by atoms with van der Waals surface area (Å²) in [6.45, 7) is 9.18. The molecule has 3 amide bonds. The molecular formula is C27H32FN3O2S. The third-order valence-corrected chi connectivity index (χ3v) is 6.90. The van der Waals surface area contributed by atoms with Crippen molar-refractivity contribution in [2.75, 3.05) is 18.4 Å². The number of carbonyl (C=O) groups is 2. The first-order chi connectivity index (χ1) is 16.3. The number of nitrogens with zero attached hydrogens (tertiary/aromatic N) is 2. The number of anilines is 1. The number of aryl methyl sites for hydroxylation is 2. The van der Waals surface area contributed by atoms with E-state index in [1.54, 1.807) is 33.3 Å². The molecule has 1 heterocycles. The van der Waals surface area contributed by atoms with Gasteiger partial charge in [0.2, 0.25) is 5.91 Å². The maximum absolute atomic E-state index is 13.5. The Kier molecular flexibility index (Phi) is 8.82. The van der Waals surface area contributed by atoms with Gasteiger partial charge in [-0.1, -0.05) is 31.2 Å². The van der Waals surface area contributed by atoms with Crippen molar-refractivity contribution >= 4 is 29.0 Å². The minimum absolute atomic E-state index is 0.0316. The number of carbonyl (C=O) groups excluding carboxylic acids is 2. The van der Waals surface area contributed by atoms with Gasteiger partial charge in [-0.3, -0.25) is 4.79 Å². The highest BCUT2D eigenvalue weighted by Crippen LogP contribution is 2.21. The van der Waals surface area contributed by atoms with Crippen LogP contribution < -0.4 is 5.32 Å². The van der Waals surface area contributed by atoms with E-state index >= 15 is 0 Å². The quantitative estimate of drug-likeness (QED) is 0.391. The molecule has 0 saturated heterocycles. The zero-order valence-electron chi connectivity index (χ0n) is 20.2. The van der Waals surface area contributed by atoms with Crippen LogP contribution in [0.25, 0.3) is 0 Å². The average molecular weight is 482 g/mol. The molecule has 0 unspecified atom stereocenters. The second-order valence-electron chi connectivity index (χ2n) is 8.50. The van der Waals surface area contributed by atoms with Crippen LogP contribution in [0.3, 0.4) is 0 Å². The van der Waals surface area contributed by atoms with Gasteiger partial charge in [0, 0.05) is 23.7 Å². The van der Waals surface area contributed by atoms with Gasteiger partial charge in [0.05, 0.1) is 6.54 Å². The number of hydrogen-bond donors (Lipinski definition) is 1. The van der Waals surface area contributed by atoms with Crippen LogP contribution in [0.4, 0.5) is 14.9 Å². The number of amides is 3. The van der Waals surface area contributed by atoms with Crippen molar-refractivity contribution in [2.24, 2.45) is 0 Å². The summed E-state index contributed by atoms with van der Waals surface area (Å²) in [6.07, 6.45) is 0.732. The van der Waals surface area contributed by atoms with Gasteiger partial charge in [0.15, 0.2) is 0 Å².